The van der Waals surface area contributed by atoms with Crippen molar-refractivity contribution in [1.82, 2.24) is 15.3 Å². The smallest absolute Gasteiger partial charge is 0.252 e. The van der Waals surface area contributed by atoms with Crippen LogP contribution < -0.4 is 14.8 Å². The molecule has 0 radical (unpaired) electrons. The fourth-order valence-corrected chi connectivity index (χ4v) is 3.28. The molecule has 0 spiro atoms. The van der Waals surface area contributed by atoms with Crippen molar-refractivity contribution in [3.05, 3.63) is 84.1 Å². The van der Waals surface area contributed by atoms with Gasteiger partial charge in [0, 0.05) is 18.1 Å². The topological polar surface area (TPSA) is 73.3 Å². The minimum atomic E-state index is -0.180. The first-order chi connectivity index (χ1) is 14.7. The zero-order chi connectivity index (χ0) is 20.9. The van der Waals surface area contributed by atoms with Crippen LogP contribution in [0, 0.1) is 0 Å². The molecule has 0 saturated carbocycles. The molecule has 0 unspecified atom stereocenters. The van der Waals surface area contributed by atoms with Crippen molar-refractivity contribution in [1.29, 1.82) is 0 Å². The van der Waals surface area contributed by atoms with Crippen LogP contribution in [0.25, 0.3) is 22.3 Å². The van der Waals surface area contributed by atoms with Gasteiger partial charge in [0.25, 0.3) is 5.91 Å². The minimum Gasteiger partial charge on any atom is -0.493 e. The molecular formula is C24H21N3O3. The largest absolute Gasteiger partial charge is 0.493 e. The normalized spacial score (nSPS) is 10.6. The number of hydrogen-bond donors (Lipinski definition) is 1. The van der Waals surface area contributed by atoms with Gasteiger partial charge in [0.2, 0.25) is 0 Å². The third-order valence-corrected chi connectivity index (χ3v) is 4.79. The Labute approximate surface area is 174 Å². The quantitative estimate of drug-likeness (QED) is 0.525. The average Bonchev–Trinajstić information content (AvgIpc) is 2.82. The first-order valence-corrected chi connectivity index (χ1v) is 9.50. The predicted octanol–water partition coefficient (Wildman–Crippen LogP) is 4.24. The molecule has 2 heterocycles. The van der Waals surface area contributed by atoms with Crippen molar-refractivity contribution >= 4 is 16.8 Å². The first kappa shape index (κ1) is 19.4. The fraction of sp³-hybridized carbons (Fsp3) is 0.125. The van der Waals surface area contributed by atoms with Crippen molar-refractivity contribution < 1.29 is 14.3 Å². The molecular weight excluding hydrogens is 378 g/mol. The molecule has 4 aromatic rings. The van der Waals surface area contributed by atoms with E-state index in [1.165, 1.54) is 0 Å². The van der Waals surface area contributed by atoms with Gasteiger partial charge in [-0.25, -0.2) is 4.98 Å². The third-order valence-electron chi connectivity index (χ3n) is 4.79. The zero-order valence-electron chi connectivity index (χ0n) is 16.8. The molecule has 0 fully saturated rings. The van der Waals surface area contributed by atoms with Crippen molar-refractivity contribution in [3.8, 4) is 22.9 Å². The summed E-state index contributed by atoms with van der Waals surface area (Å²) in [6.45, 7) is 0.356. The van der Waals surface area contributed by atoms with E-state index in [2.05, 4.69) is 15.3 Å². The third kappa shape index (κ3) is 3.93. The molecule has 0 atom stereocenters. The molecule has 4 rings (SSSR count). The van der Waals surface area contributed by atoms with Gasteiger partial charge < -0.3 is 14.8 Å². The summed E-state index contributed by atoms with van der Waals surface area (Å²) in [5.74, 6) is 1.09. The number of carbonyl (C=O) groups is 1. The summed E-state index contributed by atoms with van der Waals surface area (Å²) in [5.41, 5.74) is 3.59. The van der Waals surface area contributed by atoms with Crippen LogP contribution in [-0.2, 0) is 6.54 Å². The van der Waals surface area contributed by atoms with E-state index < -0.39 is 0 Å². The summed E-state index contributed by atoms with van der Waals surface area (Å²) in [6.07, 6.45) is 1.71. The standard InChI is InChI=1S/C24H21N3O3/c1-29-22-11-10-16(13-23(22)30-2)15-26-24(28)18-14-21(20-9-5-6-12-25-20)27-19-8-4-3-7-17(18)19/h3-14H,15H2,1-2H3,(H,26,28). The van der Waals surface area contributed by atoms with Gasteiger partial charge in [0.15, 0.2) is 11.5 Å². The van der Waals surface area contributed by atoms with Crippen molar-refractivity contribution in [2.75, 3.05) is 14.2 Å². The van der Waals surface area contributed by atoms with Crippen LogP contribution in [0.5, 0.6) is 11.5 Å². The highest BCUT2D eigenvalue weighted by Gasteiger charge is 2.14. The number of ether oxygens (including phenoxy) is 2. The van der Waals surface area contributed by atoms with Gasteiger partial charge in [-0.05, 0) is 42.0 Å². The molecule has 150 valence electrons. The molecule has 6 nitrogen and oxygen atoms in total. The highest BCUT2D eigenvalue weighted by molar-refractivity contribution is 6.07. The Morgan fingerprint density at radius 1 is 0.900 bits per heavy atom. The van der Waals surface area contributed by atoms with E-state index >= 15 is 0 Å². The molecule has 0 aliphatic heterocycles. The van der Waals surface area contributed by atoms with Gasteiger partial charge in [-0.3, -0.25) is 9.78 Å². The maximum absolute atomic E-state index is 13.1. The zero-order valence-corrected chi connectivity index (χ0v) is 16.8. The Bertz CT molecular complexity index is 1190. The van der Waals surface area contributed by atoms with E-state index in [1.54, 1.807) is 26.5 Å². The Balaban J connectivity index is 1.64. The summed E-state index contributed by atoms with van der Waals surface area (Å²) in [4.78, 5) is 22.1. The minimum absolute atomic E-state index is 0.180. The molecule has 0 saturated heterocycles. The van der Waals surface area contributed by atoms with Crippen LogP contribution in [0.15, 0.2) is 72.9 Å². The number of benzene rings is 2. The Morgan fingerprint density at radius 2 is 1.70 bits per heavy atom. The summed E-state index contributed by atoms with van der Waals surface area (Å²) in [6, 6.07) is 20.6. The van der Waals surface area contributed by atoms with Crippen molar-refractivity contribution in [3.63, 3.8) is 0 Å². The second kappa shape index (κ2) is 8.61. The number of nitrogens with zero attached hydrogens (tertiary/aromatic N) is 2. The van der Waals surface area contributed by atoms with Gasteiger partial charge in [-0.2, -0.15) is 0 Å². The number of pyridine rings is 2. The van der Waals surface area contributed by atoms with Crippen LogP contribution in [0.4, 0.5) is 0 Å². The summed E-state index contributed by atoms with van der Waals surface area (Å²) in [5, 5.41) is 3.78. The number of methoxy groups -OCH3 is 2. The average molecular weight is 399 g/mol. The molecule has 30 heavy (non-hydrogen) atoms. The highest BCUT2D eigenvalue weighted by atomic mass is 16.5. The molecule has 1 amide bonds. The number of para-hydroxylation sites is 1. The van der Waals surface area contributed by atoms with E-state index in [4.69, 9.17) is 9.47 Å². The monoisotopic (exact) mass is 399 g/mol. The number of rotatable bonds is 6. The fourth-order valence-electron chi connectivity index (χ4n) is 3.28. The second-order valence-corrected chi connectivity index (χ2v) is 6.66. The molecule has 2 aromatic heterocycles. The summed E-state index contributed by atoms with van der Waals surface area (Å²) < 4.78 is 10.6. The van der Waals surface area contributed by atoms with E-state index in [0.717, 1.165) is 22.2 Å². The SMILES string of the molecule is COc1ccc(CNC(=O)c2cc(-c3ccccn3)nc3ccccc23)cc1OC. The second-order valence-electron chi connectivity index (χ2n) is 6.66. The maximum Gasteiger partial charge on any atom is 0.252 e. The van der Waals surface area contributed by atoms with Gasteiger partial charge in [-0.1, -0.05) is 30.3 Å². The molecule has 0 aliphatic rings. The Morgan fingerprint density at radius 3 is 2.47 bits per heavy atom. The van der Waals surface area contributed by atoms with Crippen LogP contribution in [-0.4, -0.2) is 30.1 Å². The van der Waals surface area contributed by atoms with Crippen molar-refractivity contribution in [2.24, 2.45) is 0 Å². The van der Waals surface area contributed by atoms with Crippen LogP contribution in [0.1, 0.15) is 15.9 Å². The summed E-state index contributed by atoms with van der Waals surface area (Å²) in [7, 11) is 3.18. The molecule has 0 aliphatic carbocycles. The van der Waals surface area contributed by atoms with Crippen LogP contribution >= 0.6 is 0 Å². The highest BCUT2D eigenvalue weighted by Crippen LogP contribution is 2.28. The maximum atomic E-state index is 13.1. The van der Waals surface area contributed by atoms with Crippen molar-refractivity contribution in [2.45, 2.75) is 6.54 Å². The van der Waals surface area contributed by atoms with Crippen LogP contribution in [0.3, 0.4) is 0 Å². The number of amides is 1. The number of aromatic nitrogens is 2. The lowest BCUT2D eigenvalue weighted by molar-refractivity contribution is 0.0952. The predicted molar refractivity (Wildman–Crippen MR) is 116 cm³/mol. The lowest BCUT2D eigenvalue weighted by atomic mass is 10.1. The number of carbonyl (C=O) groups excluding carboxylic acids is 1. The lowest BCUT2D eigenvalue weighted by Crippen LogP contribution is -2.23. The molecule has 6 heteroatoms. The summed E-state index contributed by atoms with van der Waals surface area (Å²) >= 11 is 0. The van der Waals surface area contributed by atoms with Gasteiger partial charge >= 0.3 is 0 Å². The number of fused-ring (bicyclic) bond motifs is 1. The van der Waals surface area contributed by atoms with E-state index in [9.17, 15) is 4.79 Å². The molecule has 1 N–H and O–H groups in total. The number of hydrogen-bond acceptors (Lipinski definition) is 5. The molecule has 0 bridgehead atoms. The molecule has 2 aromatic carbocycles. The van der Waals surface area contributed by atoms with E-state index in [1.807, 2.05) is 60.7 Å². The Hall–Kier alpha value is -3.93. The lowest BCUT2D eigenvalue weighted by Gasteiger charge is -2.12. The van der Waals surface area contributed by atoms with E-state index in [-0.39, 0.29) is 5.91 Å². The number of nitrogens with one attached hydrogen (secondary N) is 1. The Kier molecular flexibility index (Phi) is 5.57. The first-order valence-electron chi connectivity index (χ1n) is 9.50. The van der Waals surface area contributed by atoms with Gasteiger partial charge in [0.1, 0.15) is 0 Å². The van der Waals surface area contributed by atoms with E-state index in [0.29, 0.717) is 29.3 Å². The van der Waals surface area contributed by atoms with Crippen LogP contribution in [0.2, 0.25) is 0 Å². The van der Waals surface area contributed by atoms with Gasteiger partial charge in [-0.15, -0.1) is 0 Å². The van der Waals surface area contributed by atoms with Gasteiger partial charge in [0.05, 0.1) is 36.7 Å².